The van der Waals surface area contributed by atoms with Gasteiger partial charge in [-0.1, -0.05) is 17.7 Å². The quantitative estimate of drug-likeness (QED) is 0.669. The molecule has 2 N–H and O–H groups in total. The third-order valence-electron chi connectivity index (χ3n) is 6.00. The molecular formula is C25H30N4O3. The minimum atomic E-state index is -0.102. The zero-order chi connectivity index (χ0) is 23.0. The van der Waals surface area contributed by atoms with E-state index in [0.717, 1.165) is 40.1 Å². The molecule has 1 aliphatic heterocycles. The minimum absolute atomic E-state index is 0.102. The molecule has 7 heteroatoms. The molecule has 0 spiro atoms. The summed E-state index contributed by atoms with van der Waals surface area (Å²) in [7, 11) is 3.24. The Morgan fingerprint density at radius 3 is 2.28 bits per heavy atom. The van der Waals surface area contributed by atoms with Gasteiger partial charge < -0.3 is 15.2 Å². The third-order valence-corrected chi connectivity index (χ3v) is 6.00. The molecular weight excluding hydrogens is 404 g/mol. The van der Waals surface area contributed by atoms with E-state index in [0.29, 0.717) is 36.6 Å². The van der Waals surface area contributed by atoms with Crippen LogP contribution in [0.1, 0.15) is 22.3 Å². The van der Waals surface area contributed by atoms with Crippen molar-refractivity contribution in [2.75, 3.05) is 20.8 Å². The van der Waals surface area contributed by atoms with Crippen LogP contribution in [-0.2, 0) is 19.5 Å². The van der Waals surface area contributed by atoms with Crippen molar-refractivity contribution in [1.82, 2.24) is 9.13 Å². The maximum atomic E-state index is 13.5. The standard InChI is InChI=1S/C25H30N4O3/c1-15-10-16(2)24(17(3)11-15)27-23-14-20-19-13-22(32-5)21(31-4)12-18(19)6-8-28(20)25(30)29(23)9-7-26/h10-14H,6-9,26H2,1-5H3/b27-23+. The van der Waals surface area contributed by atoms with E-state index in [1.807, 2.05) is 32.0 Å². The zero-order valence-corrected chi connectivity index (χ0v) is 19.4. The number of ether oxygens (including phenoxy) is 2. The van der Waals surface area contributed by atoms with Crippen LogP contribution in [0.4, 0.5) is 5.69 Å². The molecule has 0 fully saturated rings. The first-order valence-electron chi connectivity index (χ1n) is 10.8. The van der Waals surface area contributed by atoms with Crippen LogP contribution in [-0.4, -0.2) is 29.9 Å². The first-order chi connectivity index (χ1) is 15.4. The fraction of sp³-hybridized carbons (Fsp3) is 0.360. The summed E-state index contributed by atoms with van der Waals surface area (Å²) in [5.41, 5.74) is 13.5. The van der Waals surface area contributed by atoms with E-state index < -0.39 is 0 Å². The smallest absolute Gasteiger partial charge is 0.330 e. The molecule has 0 amide bonds. The second kappa shape index (κ2) is 8.67. The number of fused-ring (bicyclic) bond motifs is 3. The second-order valence-corrected chi connectivity index (χ2v) is 8.24. The van der Waals surface area contributed by atoms with Gasteiger partial charge in [-0.25, -0.2) is 9.79 Å². The predicted molar refractivity (Wildman–Crippen MR) is 126 cm³/mol. The lowest BCUT2D eigenvalue weighted by molar-refractivity contribution is 0.354. The summed E-state index contributed by atoms with van der Waals surface area (Å²) in [4.78, 5) is 18.4. The van der Waals surface area contributed by atoms with E-state index >= 15 is 0 Å². The van der Waals surface area contributed by atoms with Gasteiger partial charge in [0.05, 0.1) is 25.6 Å². The molecule has 168 valence electrons. The molecule has 2 aromatic carbocycles. The average molecular weight is 435 g/mol. The Bertz CT molecular complexity index is 1290. The average Bonchev–Trinajstić information content (AvgIpc) is 2.77. The molecule has 1 aromatic heterocycles. The highest BCUT2D eigenvalue weighted by atomic mass is 16.5. The molecule has 32 heavy (non-hydrogen) atoms. The second-order valence-electron chi connectivity index (χ2n) is 8.24. The molecule has 7 nitrogen and oxygen atoms in total. The molecule has 0 saturated carbocycles. The van der Waals surface area contributed by atoms with Gasteiger partial charge in [0.2, 0.25) is 0 Å². The summed E-state index contributed by atoms with van der Waals surface area (Å²) in [5, 5.41) is 0. The lowest BCUT2D eigenvalue weighted by Gasteiger charge is -2.24. The maximum absolute atomic E-state index is 13.5. The third kappa shape index (κ3) is 3.73. The molecule has 0 saturated heterocycles. The molecule has 4 rings (SSSR count). The summed E-state index contributed by atoms with van der Waals surface area (Å²) in [5.74, 6) is 1.32. The maximum Gasteiger partial charge on any atom is 0.330 e. The first-order valence-corrected chi connectivity index (χ1v) is 10.8. The van der Waals surface area contributed by atoms with Crippen LogP contribution < -0.4 is 26.4 Å². The van der Waals surface area contributed by atoms with Crippen molar-refractivity contribution in [3.8, 4) is 22.8 Å². The number of benzene rings is 2. The van der Waals surface area contributed by atoms with Crippen molar-refractivity contribution in [1.29, 1.82) is 0 Å². The van der Waals surface area contributed by atoms with E-state index in [1.54, 1.807) is 23.4 Å². The van der Waals surface area contributed by atoms with Gasteiger partial charge >= 0.3 is 5.69 Å². The summed E-state index contributed by atoms with van der Waals surface area (Å²) < 4.78 is 14.5. The SMILES string of the molecule is COc1cc2c(cc1OC)-c1c/c(=N\c3c(C)cc(C)cc3C)n(CCN)c(=O)n1CC2. The zero-order valence-electron chi connectivity index (χ0n) is 19.4. The highest BCUT2D eigenvalue weighted by Crippen LogP contribution is 2.37. The van der Waals surface area contributed by atoms with Crippen LogP contribution in [0.15, 0.2) is 40.1 Å². The lowest BCUT2D eigenvalue weighted by atomic mass is 9.97. The van der Waals surface area contributed by atoms with Gasteiger partial charge in [-0.2, -0.15) is 0 Å². The monoisotopic (exact) mass is 434 g/mol. The lowest BCUT2D eigenvalue weighted by Crippen LogP contribution is -2.43. The van der Waals surface area contributed by atoms with Gasteiger partial charge in [0.15, 0.2) is 11.5 Å². The van der Waals surface area contributed by atoms with E-state index in [1.165, 1.54) is 5.56 Å². The molecule has 2 heterocycles. The van der Waals surface area contributed by atoms with Crippen molar-refractivity contribution in [3.63, 3.8) is 0 Å². The van der Waals surface area contributed by atoms with Crippen molar-refractivity contribution in [3.05, 3.63) is 68.6 Å². The normalized spacial score (nSPS) is 13.0. The largest absolute Gasteiger partial charge is 0.493 e. The highest BCUT2D eigenvalue weighted by Gasteiger charge is 2.22. The molecule has 0 atom stereocenters. The molecule has 1 aliphatic rings. The topological polar surface area (TPSA) is 83.8 Å². The van der Waals surface area contributed by atoms with Crippen LogP contribution in [0.3, 0.4) is 0 Å². The number of aryl methyl sites for hydroxylation is 4. The van der Waals surface area contributed by atoms with Gasteiger partial charge in [-0.05, 0) is 56.0 Å². The highest BCUT2D eigenvalue weighted by molar-refractivity contribution is 5.70. The molecule has 3 aromatic rings. The Morgan fingerprint density at radius 2 is 1.66 bits per heavy atom. The Hall–Kier alpha value is -3.32. The number of nitrogens with zero attached hydrogens (tertiary/aromatic N) is 3. The van der Waals surface area contributed by atoms with Gasteiger partial charge in [-0.15, -0.1) is 0 Å². The van der Waals surface area contributed by atoms with E-state index in [4.69, 9.17) is 20.2 Å². The fourth-order valence-electron chi connectivity index (χ4n) is 4.56. The number of nitrogens with two attached hydrogens (primary N) is 1. The fourth-order valence-corrected chi connectivity index (χ4v) is 4.56. The Balaban J connectivity index is 2.03. The van der Waals surface area contributed by atoms with Gasteiger partial charge in [-0.3, -0.25) is 9.13 Å². The number of hydrogen-bond donors (Lipinski definition) is 1. The number of aromatic nitrogens is 2. The van der Waals surface area contributed by atoms with Gasteiger partial charge in [0.1, 0.15) is 5.49 Å². The van der Waals surface area contributed by atoms with Crippen LogP contribution in [0, 0.1) is 20.8 Å². The number of rotatable bonds is 5. The molecule has 0 unspecified atom stereocenters. The van der Waals surface area contributed by atoms with E-state index in [-0.39, 0.29) is 5.69 Å². The van der Waals surface area contributed by atoms with Crippen molar-refractivity contribution in [2.24, 2.45) is 10.7 Å². The van der Waals surface area contributed by atoms with Crippen molar-refractivity contribution in [2.45, 2.75) is 40.3 Å². The molecule has 0 radical (unpaired) electrons. The summed E-state index contributed by atoms with van der Waals surface area (Å²) in [6.45, 7) is 7.51. The molecule has 0 bridgehead atoms. The van der Waals surface area contributed by atoms with Crippen molar-refractivity contribution < 1.29 is 9.47 Å². The summed E-state index contributed by atoms with van der Waals surface area (Å²) in [6, 6.07) is 10.1. The Labute approximate surface area is 187 Å². The summed E-state index contributed by atoms with van der Waals surface area (Å²) in [6.07, 6.45) is 0.734. The minimum Gasteiger partial charge on any atom is -0.493 e. The van der Waals surface area contributed by atoms with Gasteiger partial charge in [0.25, 0.3) is 0 Å². The van der Waals surface area contributed by atoms with E-state index in [2.05, 4.69) is 19.1 Å². The van der Waals surface area contributed by atoms with E-state index in [9.17, 15) is 4.79 Å². The van der Waals surface area contributed by atoms with Crippen LogP contribution >= 0.6 is 0 Å². The number of hydrogen-bond acceptors (Lipinski definition) is 5. The Kier molecular flexibility index (Phi) is 5.93. The Morgan fingerprint density at radius 1 is 1.00 bits per heavy atom. The first kappa shape index (κ1) is 21.9. The predicted octanol–water partition coefficient (Wildman–Crippen LogP) is 3.01. The number of methoxy groups -OCH3 is 2. The van der Waals surface area contributed by atoms with Crippen LogP contribution in [0.2, 0.25) is 0 Å². The van der Waals surface area contributed by atoms with Crippen LogP contribution in [0.25, 0.3) is 11.3 Å². The van der Waals surface area contributed by atoms with Gasteiger partial charge in [0, 0.05) is 31.3 Å². The van der Waals surface area contributed by atoms with Crippen LogP contribution in [0.5, 0.6) is 11.5 Å². The molecule has 0 aliphatic carbocycles. The van der Waals surface area contributed by atoms with Crippen molar-refractivity contribution >= 4 is 5.69 Å². The summed E-state index contributed by atoms with van der Waals surface area (Å²) >= 11 is 0.